The molecule has 0 saturated carbocycles. The van der Waals surface area contributed by atoms with E-state index in [9.17, 15) is 0 Å². The van der Waals surface area contributed by atoms with Gasteiger partial charge in [-0.15, -0.1) is 5.26 Å². The molecular formula is C16H15NO. The lowest BCUT2D eigenvalue weighted by Crippen LogP contribution is -1.87. The number of hydrogen-bond donors (Lipinski definition) is 0. The Bertz CT molecular complexity index is 579. The Kier molecular flexibility index (Phi) is 3.64. The summed E-state index contributed by atoms with van der Waals surface area (Å²) in [5.41, 5.74) is 4.97. The Hall–Kier alpha value is -2.27. The van der Waals surface area contributed by atoms with Crippen LogP contribution in [-0.4, -0.2) is 0 Å². The summed E-state index contributed by atoms with van der Waals surface area (Å²) >= 11 is 0. The normalized spacial score (nSPS) is 9.83. The van der Waals surface area contributed by atoms with Crippen LogP contribution in [0.4, 0.5) is 0 Å². The number of hydrogen-bond acceptors (Lipinski definition) is 2. The molecule has 0 bridgehead atoms. The fourth-order valence-electron chi connectivity index (χ4n) is 2.02. The second-order valence-corrected chi connectivity index (χ2v) is 4.22. The van der Waals surface area contributed by atoms with Crippen molar-refractivity contribution in [3.05, 3.63) is 53.6 Å². The largest absolute Gasteiger partial charge is 0.388 e. The maximum absolute atomic E-state index is 8.44. The summed E-state index contributed by atoms with van der Waals surface area (Å²) in [6.45, 7) is 4.27. The number of ether oxygens (including phenoxy) is 1. The highest BCUT2D eigenvalue weighted by atomic mass is 16.5. The number of aryl methyl sites for hydroxylation is 2. The summed E-state index contributed by atoms with van der Waals surface area (Å²) in [5, 5.41) is 8.44. The first-order chi connectivity index (χ1) is 8.74. The van der Waals surface area contributed by atoms with E-state index in [1.54, 1.807) is 6.26 Å². The van der Waals surface area contributed by atoms with Gasteiger partial charge in [0.25, 0.3) is 6.26 Å². The molecule has 0 unspecified atom stereocenters. The van der Waals surface area contributed by atoms with E-state index in [2.05, 4.69) is 32.0 Å². The summed E-state index contributed by atoms with van der Waals surface area (Å²) in [7, 11) is 0. The van der Waals surface area contributed by atoms with Gasteiger partial charge >= 0.3 is 0 Å². The first-order valence-corrected chi connectivity index (χ1v) is 6.00. The minimum Gasteiger partial charge on any atom is -0.388 e. The molecule has 2 heteroatoms. The number of benzene rings is 2. The van der Waals surface area contributed by atoms with Crippen molar-refractivity contribution in [1.82, 2.24) is 0 Å². The fourth-order valence-corrected chi connectivity index (χ4v) is 2.02. The van der Waals surface area contributed by atoms with E-state index in [1.807, 2.05) is 24.3 Å². The van der Waals surface area contributed by atoms with Gasteiger partial charge in [0.15, 0.2) is 0 Å². The number of rotatable bonds is 3. The molecule has 2 nitrogen and oxygen atoms in total. The van der Waals surface area contributed by atoms with Gasteiger partial charge in [-0.1, -0.05) is 37.3 Å². The third-order valence-corrected chi connectivity index (χ3v) is 3.03. The fraction of sp³-hybridized carbons (Fsp3) is 0.188. The lowest BCUT2D eigenvalue weighted by atomic mass is 9.98. The van der Waals surface area contributed by atoms with Crippen molar-refractivity contribution < 1.29 is 4.74 Å². The summed E-state index contributed by atoms with van der Waals surface area (Å²) in [4.78, 5) is 0. The topological polar surface area (TPSA) is 33.0 Å². The van der Waals surface area contributed by atoms with Gasteiger partial charge in [-0.25, -0.2) is 0 Å². The molecule has 0 heterocycles. The van der Waals surface area contributed by atoms with E-state index in [0.29, 0.717) is 5.75 Å². The molecule has 18 heavy (non-hydrogen) atoms. The molecule has 0 saturated heterocycles. The summed E-state index contributed by atoms with van der Waals surface area (Å²) in [6, 6.07) is 14.1. The van der Waals surface area contributed by atoms with Crippen molar-refractivity contribution in [2.24, 2.45) is 0 Å². The lowest BCUT2D eigenvalue weighted by molar-refractivity contribution is 0.507. The van der Waals surface area contributed by atoms with Gasteiger partial charge in [-0.05, 0) is 47.7 Å². The summed E-state index contributed by atoms with van der Waals surface area (Å²) in [5.74, 6) is 0.573. The highest BCUT2D eigenvalue weighted by Gasteiger charge is 2.03. The molecule has 0 aromatic heterocycles. The predicted molar refractivity (Wildman–Crippen MR) is 72.2 cm³/mol. The second-order valence-electron chi connectivity index (χ2n) is 4.22. The minimum absolute atomic E-state index is 0.573. The van der Waals surface area contributed by atoms with Crippen molar-refractivity contribution in [2.45, 2.75) is 20.3 Å². The van der Waals surface area contributed by atoms with E-state index in [4.69, 9.17) is 10.00 Å². The minimum atomic E-state index is 0.573. The van der Waals surface area contributed by atoms with Crippen molar-refractivity contribution in [2.75, 3.05) is 0 Å². The van der Waals surface area contributed by atoms with Crippen LogP contribution in [0.3, 0.4) is 0 Å². The van der Waals surface area contributed by atoms with Crippen LogP contribution in [-0.2, 0) is 6.42 Å². The number of nitriles is 1. The zero-order valence-corrected chi connectivity index (χ0v) is 10.6. The van der Waals surface area contributed by atoms with Crippen molar-refractivity contribution >= 4 is 0 Å². The van der Waals surface area contributed by atoms with Crippen LogP contribution >= 0.6 is 0 Å². The van der Waals surface area contributed by atoms with Gasteiger partial charge in [0.2, 0.25) is 0 Å². The van der Waals surface area contributed by atoms with Gasteiger partial charge in [-0.3, -0.25) is 0 Å². The van der Waals surface area contributed by atoms with E-state index in [0.717, 1.165) is 12.0 Å². The molecule has 2 aromatic rings. The first kappa shape index (κ1) is 12.2. The standard InChI is InChI=1S/C16H15NO/c1-3-13-4-9-16(12(2)10-13)14-5-7-15(8-6-14)18-11-17/h4-10H,3H2,1-2H3. The molecule has 0 aliphatic rings. The average Bonchev–Trinajstić information content (AvgIpc) is 2.40. The molecule has 0 aliphatic heterocycles. The van der Waals surface area contributed by atoms with Gasteiger partial charge in [0.1, 0.15) is 5.75 Å². The molecule has 0 amide bonds. The van der Waals surface area contributed by atoms with Crippen molar-refractivity contribution in [3.63, 3.8) is 0 Å². The molecule has 0 fully saturated rings. The third-order valence-electron chi connectivity index (χ3n) is 3.03. The molecule has 0 aliphatic carbocycles. The van der Waals surface area contributed by atoms with Gasteiger partial charge < -0.3 is 4.74 Å². The second kappa shape index (κ2) is 5.37. The molecule has 0 atom stereocenters. The molecule has 0 radical (unpaired) electrons. The van der Waals surface area contributed by atoms with Crippen LogP contribution in [0.1, 0.15) is 18.1 Å². The quantitative estimate of drug-likeness (QED) is 0.753. The molecule has 90 valence electrons. The first-order valence-electron chi connectivity index (χ1n) is 6.00. The maximum atomic E-state index is 8.44. The highest BCUT2D eigenvalue weighted by Crippen LogP contribution is 2.26. The van der Waals surface area contributed by atoms with Crippen LogP contribution in [0.15, 0.2) is 42.5 Å². The summed E-state index contributed by atoms with van der Waals surface area (Å²) in [6.07, 6.45) is 2.72. The zero-order chi connectivity index (χ0) is 13.0. The third kappa shape index (κ3) is 2.52. The Morgan fingerprint density at radius 2 is 1.83 bits per heavy atom. The van der Waals surface area contributed by atoms with Crippen molar-refractivity contribution in [1.29, 1.82) is 5.26 Å². The maximum Gasteiger partial charge on any atom is 0.292 e. The lowest BCUT2D eigenvalue weighted by Gasteiger charge is -2.08. The van der Waals surface area contributed by atoms with Crippen LogP contribution < -0.4 is 4.74 Å². The smallest absolute Gasteiger partial charge is 0.292 e. The van der Waals surface area contributed by atoms with Gasteiger partial charge in [0.05, 0.1) is 0 Å². The van der Waals surface area contributed by atoms with E-state index in [-0.39, 0.29) is 0 Å². The zero-order valence-electron chi connectivity index (χ0n) is 10.6. The Morgan fingerprint density at radius 1 is 1.11 bits per heavy atom. The Balaban J connectivity index is 2.34. The average molecular weight is 237 g/mol. The molecule has 0 spiro atoms. The van der Waals surface area contributed by atoms with Crippen LogP contribution in [0.25, 0.3) is 11.1 Å². The van der Waals surface area contributed by atoms with Gasteiger partial charge in [-0.2, -0.15) is 0 Å². The van der Waals surface area contributed by atoms with Crippen molar-refractivity contribution in [3.8, 4) is 23.1 Å². The highest BCUT2D eigenvalue weighted by molar-refractivity contribution is 5.68. The van der Waals surface area contributed by atoms with Crippen LogP contribution in [0.2, 0.25) is 0 Å². The van der Waals surface area contributed by atoms with E-state index >= 15 is 0 Å². The molecule has 0 N–H and O–H groups in total. The monoisotopic (exact) mass is 237 g/mol. The summed E-state index contributed by atoms with van der Waals surface area (Å²) < 4.78 is 4.77. The van der Waals surface area contributed by atoms with E-state index in [1.165, 1.54) is 16.7 Å². The molecule has 2 rings (SSSR count). The molecule has 2 aromatic carbocycles. The van der Waals surface area contributed by atoms with Crippen LogP contribution in [0.5, 0.6) is 5.75 Å². The van der Waals surface area contributed by atoms with Crippen LogP contribution in [0, 0.1) is 18.4 Å². The number of nitrogens with zero attached hydrogens (tertiary/aromatic N) is 1. The van der Waals surface area contributed by atoms with E-state index < -0.39 is 0 Å². The Morgan fingerprint density at radius 3 is 2.39 bits per heavy atom. The van der Waals surface area contributed by atoms with Gasteiger partial charge in [0, 0.05) is 0 Å². The predicted octanol–water partition coefficient (Wildman–Crippen LogP) is 4.08. The molecular weight excluding hydrogens is 222 g/mol. The Labute approximate surface area is 107 Å². The SMILES string of the molecule is CCc1ccc(-c2ccc(OC#N)cc2)c(C)c1.